The van der Waals surface area contributed by atoms with Crippen molar-refractivity contribution in [1.82, 2.24) is 5.32 Å². The second kappa shape index (κ2) is 7.07. The van der Waals surface area contributed by atoms with Crippen LogP contribution in [-0.2, 0) is 0 Å². The summed E-state index contributed by atoms with van der Waals surface area (Å²) >= 11 is 0. The number of nitrogens with one attached hydrogen (secondary N) is 1. The quantitative estimate of drug-likeness (QED) is 0.627. The van der Waals surface area contributed by atoms with Crippen molar-refractivity contribution in [3.05, 3.63) is 52.5 Å². The third-order valence-electron chi connectivity index (χ3n) is 3.79. The fraction of sp³-hybridized carbons (Fsp3) is 0.412. The number of benzene rings is 1. The smallest absolute Gasteiger partial charge is 0.115 e. The largest absolute Gasteiger partial charge is 0.508 e. The molecule has 0 aromatic heterocycles. The van der Waals surface area contributed by atoms with Gasteiger partial charge < -0.3 is 21.9 Å². The Morgan fingerprint density at radius 1 is 1.00 bits per heavy atom. The summed E-state index contributed by atoms with van der Waals surface area (Å²) < 4.78 is 0. The molecule has 21 heavy (non-hydrogen) atoms. The second-order valence-electron chi connectivity index (χ2n) is 5.73. The molecule has 1 rings (SSSR count). The fourth-order valence-corrected chi connectivity index (χ4v) is 2.04. The van der Waals surface area contributed by atoms with Crippen molar-refractivity contribution in [1.29, 1.82) is 0 Å². The Hall–Kier alpha value is -2.10. The topological polar surface area (TPSA) is 84.3 Å². The van der Waals surface area contributed by atoms with Gasteiger partial charge in [-0.3, -0.25) is 0 Å². The van der Waals surface area contributed by atoms with Crippen molar-refractivity contribution < 1.29 is 5.11 Å². The molecule has 0 heterocycles. The lowest BCUT2D eigenvalue weighted by Gasteiger charge is -2.19. The standard InChI is InChI=1S/C17H27N3O/c1-10(2)16(18)11(3)12(4)17(19)20-13(5)14-6-8-15(21)9-7-14/h6-10,13,20-21H,18-19H2,1-5H3/b16-11-,17-12+. The predicted octanol–water partition coefficient (Wildman–Crippen LogP) is 3.12. The molecule has 1 aromatic rings. The van der Waals surface area contributed by atoms with Crippen LogP contribution < -0.4 is 16.8 Å². The van der Waals surface area contributed by atoms with E-state index in [-0.39, 0.29) is 11.8 Å². The summed E-state index contributed by atoms with van der Waals surface area (Å²) in [6.45, 7) is 10.1. The van der Waals surface area contributed by atoms with Gasteiger partial charge in [0.05, 0.1) is 5.82 Å². The molecule has 0 amide bonds. The number of rotatable bonds is 5. The van der Waals surface area contributed by atoms with Crippen LogP contribution in [0, 0.1) is 5.92 Å². The first-order chi connectivity index (χ1) is 9.73. The average molecular weight is 289 g/mol. The Labute approximate surface area is 127 Å². The molecule has 0 spiro atoms. The molecule has 1 atom stereocenters. The Balaban J connectivity index is 2.93. The Bertz CT molecular complexity index is 542. The molecule has 0 radical (unpaired) electrons. The third kappa shape index (κ3) is 4.45. The van der Waals surface area contributed by atoms with Crippen molar-refractivity contribution >= 4 is 0 Å². The summed E-state index contributed by atoms with van der Waals surface area (Å²) in [7, 11) is 0. The van der Waals surface area contributed by atoms with E-state index in [0.717, 1.165) is 22.4 Å². The molecule has 0 saturated carbocycles. The number of phenols is 1. The number of nitrogens with two attached hydrogens (primary N) is 2. The van der Waals surface area contributed by atoms with Crippen LogP contribution >= 0.6 is 0 Å². The van der Waals surface area contributed by atoms with Crippen molar-refractivity contribution in [2.75, 3.05) is 0 Å². The molecule has 0 aliphatic heterocycles. The molecular weight excluding hydrogens is 262 g/mol. The maximum absolute atomic E-state index is 9.32. The van der Waals surface area contributed by atoms with E-state index in [4.69, 9.17) is 11.5 Å². The molecule has 0 fully saturated rings. The highest BCUT2D eigenvalue weighted by molar-refractivity contribution is 5.35. The summed E-state index contributed by atoms with van der Waals surface area (Å²) in [4.78, 5) is 0. The SMILES string of the molecule is CC(=C(/N)C(C)C)/C(C)=C(\N)NC(C)c1ccc(O)cc1. The van der Waals surface area contributed by atoms with Crippen LogP contribution in [0.3, 0.4) is 0 Å². The van der Waals surface area contributed by atoms with Gasteiger partial charge in [0.2, 0.25) is 0 Å². The molecule has 0 aliphatic rings. The molecule has 116 valence electrons. The van der Waals surface area contributed by atoms with Gasteiger partial charge >= 0.3 is 0 Å². The molecule has 1 unspecified atom stereocenters. The highest BCUT2D eigenvalue weighted by Gasteiger charge is 2.10. The molecule has 0 aliphatic carbocycles. The van der Waals surface area contributed by atoms with E-state index in [9.17, 15) is 5.11 Å². The van der Waals surface area contributed by atoms with Gasteiger partial charge in [0.15, 0.2) is 0 Å². The lowest BCUT2D eigenvalue weighted by molar-refractivity contribution is 0.474. The van der Waals surface area contributed by atoms with Gasteiger partial charge in [0.25, 0.3) is 0 Å². The molecule has 1 aromatic carbocycles. The maximum Gasteiger partial charge on any atom is 0.115 e. The van der Waals surface area contributed by atoms with Crippen LogP contribution in [0.2, 0.25) is 0 Å². The van der Waals surface area contributed by atoms with Gasteiger partial charge in [-0.25, -0.2) is 0 Å². The third-order valence-corrected chi connectivity index (χ3v) is 3.79. The van der Waals surface area contributed by atoms with Gasteiger partial charge in [-0.2, -0.15) is 0 Å². The molecule has 6 N–H and O–H groups in total. The van der Waals surface area contributed by atoms with Crippen LogP contribution in [-0.4, -0.2) is 5.11 Å². The minimum absolute atomic E-state index is 0.0497. The zero-order valence-electron chi connectivity index (χ0n) is 13.6. The number of allylic oxidation sites excluding steroid dienone is 3. The first-order valence-electron chi connectivity index (χ1n) is 7.22. The summed E-state index contributed by atoms with van der Waals surface area (Å²) in [6, 6.07) is 7.14. The Kier molecular flexibility index (Phi) is 5.70. The van der Waals surface area contributed by atoms with Crippen molar-refractivity contribution in [2.24, 2.45) is 17.4 Å². The first-order valence-corrected chi connectivity index (χ1v) is 7.22. The van der Waals surface area contributed by atoms with E-state index < -0.39 is 0 Å². The summed E-state index contributed by atoms with van der Waals surface area (Å²) in [5, 5.41) is 12.6. The lowest BCUT2D eigenvalue weighted by Crippen LogP contribution is -2.25. The average Bonchev–Trinajstić information content (AvgIpc) is 2.45. The fourth-order valence-electron chi connectivity index (χ4n) is 2.04. The molecule has 0 bridgehead atoms. The van der Waals surface area contributed by atoms with E-state index >= 15 is 0 Å². The minimum atomic E-state index is 0.0497. The van der Waals surface area contributed by atoms with Gasteiger partial charge in [0.1, 0.15) is 5.75 Å². The molecule has 4 heteroatoms. The van der Waals surface area contributed by atoms with E-state index in [1.54, 1.807) is 12.1 Å². The highest BCUT2D eigenvalue weighted by Crippen LogP contribution is 2.20. The number of hydrogen-bond acceptors (Lipinski definition) is 4. The summed E-state index contributed by atoms with van der Waals surface area (Å²) in [5.74, 6) is 1.17. The van der Waals surface area contributed by atoms with Crippen molar-refractivity contribution in [3.8, 4) is 5.75 Å². The van der Waals surface area contributed by atoms with Crippen LogP contribution in [0.1, 0.15) is 46.2 Å². The number of hydrogen-bond donors (Lipinski definition) is 4. The summed E-state index contributed by atoms with van der Waals surface area (Å²) in [6.07, 6.45) is 0. The zero-order valence-corrected chi connectivity index (χ0v) is 13.6. The Morgan fingerprint density at radius 2 is 1.52 bits per heavy atom. The molecular formula is C17H27N3O. The molecule has 0 saturated heterocycles. The number of phenolic OH excluding ortho intramolecular Hbond substituents is 1. The predicted molar refractivity (Wildman–Crippen MR) is 88.3 cm³/mol. The summed E-state index contributed by atoms with van der Waals surface area (Å²) in [5.41, 5.74) is 16.1. The highest BCUT2D eigenvalue weighted by atomic mass is 16.3. The van der Waals surface area contributed by atoms with Gasteiger partial charge in [0, 0.05) is 11.7 Å². The Morgan fingerprint density at radius 3 is 2.00 bits per heavy atom. The van der Waals surface area contributed by atoms with Crippen molar-refractivity contribution in [3.63, 3.8) is 0 Å². The van der Waals surface area contributed by atoms with E-state index in [1.165, 1.54) is 0 Å². The maximum atomic E-state index is 9.32. The van der Waals surface area contributed by atoms with E-state index in [1.807, 2.05) is 32.9 Å². The molecule has 4 nitrogen and oxygen atoms in total. The normalized spacial score (nSPS) is 15.3. The first kappa shape index (κ1) is 17.0. The van der Waals surface area contributed by atoms with Crippen LogP contribution in [0.4, 0.5) is 0 Å². The lowest BCUT2D eigenvalue weighted by atomic mass is 10.0. The second-order valence-corrected chi connectivity index (χ2v) is 5.73. The minimum Gasteiger partial charge on any atom is -0.508 e. The van der Waals surface area contributed by atoms with Gasteiger partial charge in [-0.05, 0) is 55.5 Å². The zero-order chi connectivity index (χ0) is 16.2. The van der Waals surface area contributed by atoms with Crippen LogP contribution in [0.15, 0.2) is 46.9 Å². The van der Waals surface area contributed by atoms with Crippen LogP contribution in [0.5, 0.6) is 5.75 Å². The van der Waals surface area contributed by atoms with Crippen LogP contribution in [0.25, 0.3) is 0 Å². The monoisotopic (exact) mass is 289 g/mol. The van der Waals surface area contributed by atoms with Crippen molar-refractivity contribution in [2.45, 2.75) is 40.7 Å². The van der Waals surface area contributed by atoms with E-state index in [0.29, 0.717) is 11.7 Å². The number of aromatic hydroxyl groups is 1. The van der Waals surface area contributed by atoms with Gasteiger partial charge in [-0.15, -0.1) is 0 Å². The van der Waals surface area contributed by atoms with E-state index in [2.05, 4.69) is 19.2 Å². The van der Waals surface area contributed by atoms with Gasteiger partial charge in [-0.1, -0.05) is 26.0 Å².